The van der Waals surface area contributed by atoms with Crippen LogP contribution in [0.1, 0.15) is 19.8 Å². The van der Waals surface area contributed by atoms with E-state index in [1.807, 2.05) is 6.08 Å². The van der Waals surface area contributed by atoms with Crippen molar-refractivity contribution in [3.8, 4) is 0 Å². The number of hydrogen-bond donors (Lipinski definition) is 0. The van der Waals surface area contributed by atoms with Gasteiger partial charge in [-0.3, -0.25) is 0 Å². The summed E-state index contributed by atoms with van der Waals surface area (Å²) in [6.45, 7) is 5.82. The highest BCUT2D eigenvalue weighted by atomic mass is 35.5. The maximum Gasteiger partial charge on any atom is 0.0258 e. The van der Waals surface area contributed by atoms with Crippen molar-refractivity contribution in [2.75, 3.05) is 5.88 Å². The van der Waals surface area contributed by atoms with Crippen LogP contribution in [-0.2, 0) is 0 Å². The van der Waals surface area contributed by atoms with Gasteiger partial charge in [-0.15, -0.1) is 11.6 Å². The SMILES string of the molecule is C=CC(/C=C\CCCl)=C/CC. The van der Waals surface area contributed by atoms with E-state index in [4.69, 9.17) is 11.6 Å². The Labute approximate surface area is 74.3 Å². The summed E-state index contributed by atoms with van der Waals surface area (Å²) in [6.07, 6.45) is 10.1. The van der Waals surface area contributed by atoms with Gasteiger partial charge in [0.25, 0.3) is 0 Å². The van der Waals surface area contributed by atoms with Crippen LogP contribution in [0.15, 0.2) is 36.5 Å². The Morgan fingerprint density at radius 2 is 2.27 bits per heavy atom. The van der Waals surface area contributed by atoms with E-state index < -0.39 is 0 Å². The summed E-state index contributed by atoms with van der Waals surface area (Å²) < 4.78 is 0. The maximum atomic E-state index is 5.51. The fraction of sp³-hybridized carbons (Fsp3) is 0.400. The molecule has 1 heteroatoms. The molecule has 11 heavy (non-hydrogen) atoms. The third kappa shape index (κ3) is 5.93. The Balaban J connectivity index is 3.86. The Morgan fingerprint density at radius 1 is 1.55 bits per heavy atom. The Hall–Kier alpha value is -0.490. The second-order valence-corrected chi connectivity index (χ2v) is 2.57. The van der Waals surface area contributed by atoms with E-state index in [0.29, 0.717) is 5.88 Å². The summed E-state index contributed by atoms with van der Waals surface area (Å²) in [6, 6.07) is 0. The quantitative estimate of drug-likeness (QED) is 0.436. The largest absolute Gasteiger partial charge is 0.126 e. The molecule has 0 nitrogen and oxygen atoms in total. The van der Waals surface area contributed by atoms with Crippen LogP contribution in [0.4, 0.5) is 0 Å². The van der Waals surface area contributed by atoms with E-state index in [1.165, 1.54) is 5.57 Å². The van der Waals surface area contributed by atoms with Crippen LogP contribution in [0.25, 0.3) is 0 Å². The third-order valence-electron chi connectivity index (χ3n) is 1.26. The van der Waals surface area contributed by atoms with Crippen LogP contribution in [0.5, 0.6) is 0 Å². The zero-order valence-corrected chi connectivity index (χ0v) is 7.77. The summed E-state index contributed by atoms with van der Waals surface area (Å²) in [4.78, 5) is 0. The van der Waals surface area contributed by atoms with Crippen molar-refractivity contribution >= 4 is 11.6 Å². The second kappa shape index (κ2) is 7.62. The molecular formula is C10H15Cl. The zero-order valence-electron chi connectivity index (χ0n) is 7.02. The molecule has 0 aromatic heterocycles. The predicted octanol–water partition coefficient (Wildman–Crippen LogP) is 3.69. The van der Waals surface area contributed by atoms with Gasteiger partial charge in [-0.1, -0.05) is 37.8 Å². The van der Waals surface area contributed by atoms with Gasteiger partial charge >= 0.3 is 0 Å². The normalized spacial score (nSPS) is 12.4. The van der Waals surface area contributed by atoms with Crippen molar-refractivity contribution in [1.82, 2.24) is 0 Å². The van der Waals surface area contributed by atoms with Crippen molar-refractivity contribution in [1.29, 1.82) is 0 Å². The number of hydrogen-bond acceptors (Lipinski definition) is 0. The Morgan fingerprint density at radius 3 is 2.73 bits per heavy atom. The summed E-state index contributed by atoms with van der Waals surface area (Å²) in [5, 5.41) is 0. The average Bonchev–Trinajstić information content (AvgIpc) is 2.03. The molecule has 0 spiro atoms. The van der Waals surface area contributed by atoms with Gasteiger partial charge in [0.1, 0.15) is 0 Å². The van der Waals surface area contributed by atoms with Crippen molar-refractivity contribution in [3.63, 3.8) is 0 Å². The van der Waals surface area contributed by atoms with Gasteiger partial charge in [0, 0.05) is 5.88 Å². The van der Waals surface area contributed by atoms with Gasteiger partial charge in [-0.05, 0) is 18.4 Å². The topological polar surface area (TPSA) is 0 Å². The number of halogens is 1. The monoisotopic (exact) mass is 170 g/mol. The molecule has 0 saturated carbocycles. The fourth-order valence-electron chi connectivity index (χ4n) is 0.738. The minimum atomic E-state index is 0.688. The molecule has 0 aliphatic carbocycles. The van der Waals surface area contributed by atoms with E-state index in [9.17, 15) is 0 Å². The molecule has 62 valence electrons. The van der Waals surface area contributed by atoms with E-state index in [0.717, 1.165) is 12.8 Å². The zero-order chi connectivity index (χ0) is 8.53. The van der Waals surface area contributed by atoms with Crippen molar-refractivity contribution in [2.45, 2.75) is 19.8 Å². The second-order valence-electron chi connectivity index (χ2n) is 2.20. The number of alkyl halides is 1. The molecule has 0 N–H and O–H groups in total. The number of rotatable bonds is 5. The molecule has 0 bridgehead atoms. The van der Waals surface area contributed by atoms with Gasteiger partial charge in [-0.25, -0.2) is 0 Å². The van der Waals surface area contributed by atoms with Crippen molar-refractivity contribution < 1.29 is 0 Å². The van der Waals surface area contributed by atoms with E-state index in [1.54, 1.807) is 0 Å². The lowest BCUT2D eigenvalue weighted by Gasteiger charge is -1.90. The molecule has 0 aromatic rings. The van der Waals surface area contributed by atoms with E-state index in [2.05, 4.69) is 31.7 Å². The van der Waals surface area contributed by atoms with Gasteiger partial charge in [0.15, 0.2) is 0 Å². The van der Waals surface area contributed by atoms with E-state index >= 15 is 0 Å². The average molecular weight is 171 g/mol. The first-order chi connectivity index (χ1) is 5.35. The standard InChI is InChI=1S/C10H15Cl/c1-3-7-10(4-2)8-5-6-9-11/h4-5,7-8H,2-3,6,9H2,1H3/b8-5-,10-7-. The van der Waals surface area contributed by atoms with Gasteiger partial charge in [-0.2, -0.15) is 0 Å². The molecule has 0 rings (SSSR count). The first-order valence-corrected chi connectivity index (χ1v) is 4.43. The minimum Gasteiger partial charge on any atom is -0.126 e. The Kier molecular flexibility index (Phi) is 7.28. The van der Waals surface area contributed by atoms with Gasteiger partial charge < -0.3 is 0 Å². The summed E-state index contributed by atoms with van der Waals surface area (Å²) >= 11 is 5.51. The lowest BCUT2D eigenvalue weighted by atomic mass is 10.2. The van der Waals surface area contributed by atoms with Crippen LogP contribution in [0.2, 0.25) is 0 Å². The molecule has 0 fully saturated rings. The summed E-state index contributed by atoms with van der Waals surface area (Å²) in [7, 11) is 0. The molecule has 0 aliphatic heterocycles. The predicted molar refractivity (Wildman–Crippen MR) is 53.0 cm³/mol. The molecule has 0 heterocycles. The summed E-state index contributed by atoms with van der Waals surface area (Å²) in [5.41, 5.74) is 1.18. The smallest absolute Gasteiger partial charge is 0.0258 e. The lowest BCUT2D eigenvalue weighted by Crippen LogP contribution is -1.71. The van der Waals surface area contributed by atoms with Crippen LogP contribution in [0.3, 0.4) is 0 Å². The van der Waals surface area contributed by atoms with Crippen LogP contribution in [-0.4, -0.2) is 5.88 Å². The van der Waals surface area contributed by atoms with E-state index in [-0.39, 0.29) is 0 Å². The molecule has 0 radical (unpaired) electrons. The molecule has 0 unspecified atom stereocenters. The molecule has 0 aromatic carbocycles. The lowest BCUT2D eigenvalue weighted by molar-refractivity contribution is 1.20. The van der Waals surface area contributed by atoms with Crippen molar-refractivity contribution in [2.24, 2.45) is 0 Å². The molecule has 0 atom stereocenters. The first kappa shape index (κ1) is 10.5. The van der Waals surface area contributed by atoms with Crippen LogP contribution < -0.4 is 0 Å². The fourth-order valence-corrected chi connectivity index (χ4v) is 0.864. The minimum absolute atomic E-state index is 0.688. The third-order valence-corrected chi connectivity index (χ3v) is 1.48. The molecule has 0 amide bonds. The van der Waals surface area contributed by atoms with Gasteiger partial charge in [0.05, 0.1) is 0 Å². The molecule has 0 saturated heterocycles. The Bertz CT molecular complexity index is 154. The highest BCUT2D eigenvalue weighted by Crippen LogP contribution is 2.01. The first-order valence-electron chi connectivity index (χ1n) is 3.90. The van der Waals surface area contributed by atoms with Crippen LogP contribution in [0, 0.1) is 0 Å². The van der Waals surface area contributed by atoms with Crippen LogP contribution >= 0.6 is 11.6 Å². The maximum absolute atomic E-state index is 5.51. The highest BCUT2D eigenvalue weighted by Gasteiger charge is 1.81. The van der Waals surface area contributed by atoms with Crippen molar-refractivity contribution in [3.05, 3.63) is 36.5 Å². The molecular weight excluding hydrogens is 156 g/mol. The molecule has 0 aliphatic rings. The van der Waals surface area contributed by atoms with Gasteiger partial charge in [0.2, 0.25) is 0 Å². The number of allylic oxidation sites excluding steroid dienone is 5. The summed E-state index contributed by atoms with van der Waals surface area (Å²) in [5.74, 6) is 0.688. The highest BCUT2D eigenvalue weighted by molar-refractivity contribution is 6.17.